The van der Waals surface area contributed by atoms with Crippen molar-refractivity contribution in [2.75, 3.05) is 13.6 Å². The second kappa shape index (κ2) is 10.7. The molecule has 8 heteroatoms. The molecule has 142 valence electrons. The zero-order chi connectivity index (χ0) is 17.5. The fraction of sp³-hybridized carbons (Fsp3) is 0.500. The first-order valence-electron chi connectivity index (χ1n) is 8.86. The van der Waals surface area contributed by atoms with Crippen molar-refractivity contribution in [1.82, 2.24) is 25.4 Å². The van der Waals surface area contributed by atoms with Gasteiger partial charge in [-0.15, -0.1) is 34.2 Å². The monoisotopic (exact) mass is 488 g/mol. The smallest absolute Gasteiger partial charge is 0.191 e. The van der Waals surface area contributed by atoms with Gasteiger partial charge in [-0.3, -0.25) is 4.99 Å². The van der Waals surface area contributed by atoms with Crippen molar-refractivity contribution >= 4 is 41.5 Å². The Morgan fingerprint density at radius 2 is 2.12 bits per heavy atom. The second-order valence-corrected chi connectivity index (χ2v) is 6.66. The minimum Gasteiger partial charge on any atom is -0.356 e. The predicted molar refractivity (Wildman–Crippen MR) is 116 cm³/mol. The number of benzene rings is 1. The number of rotatable bonds is 5. The lowest BCUT2D eigenvalue weighted by Crippen LogP contribution is -2.38. The molecule has 0 aliphatic carbocycles. The number of nitrogens with zero attached hydrogens (tertiary/aromatic N) is 4. The fourth-order valence-electron chi connectivity index (χ4n) is 3.08. The highest BCUT2D eigenvalue weighted by Gasteiger charge is 2.14. The van der Waals surface area contributed by atoms with Crippen LogP contribution < -0.4 is 10.6 Å². The van der Waals surface area contributed by atoms with E-state index >= 15 is 0 Å². The lowest BCUT2D eigenvalue weighted by atomic mass is 10.1. The van der Waals surface area contributed by atoms with Gasteiger partial charge in [0.25, 0.3) is 0 Å². The number of fused-ring (bicyclic) bond motifs is 1. The van der Waals surface area contributed by atoms with E-state index in [1.54, 1.807) is 7.05 Å². The summed E-state index contributed by atoms with van der Waals surface area (Å²) >= 11 is 6.02. The Hall–Kier alpha value is -1.35. The zero-order valence-electron chi connectivity index (χ0n) is 15.0. The van der Waals surface area contributed by atoms with Crippen LogP contribution in [0.3, 0.4) is 0 Å². The third-order valence-electron chi connectivity index (χ3n) is 4.42. The first-order chi connectivity index (χ1) is 12.3. The van der Waals surface area contributed by atoms with Crippen molar-refractivity contribution in [1.29, 1.82) is 0 Å². The van der Waals surface area contributed by atoms with Crippen LogP contribution >= 0.6 is 35.6 Å². The van der Waals surface area contributed by atoms with Gasteiger partial charge in [0.05, 0.1) is 6.54 Å². The number of aromatic nitrogens is 3. The SMILES string of the molecule is CN=C(NCCc1cccc(Cl)c1)NCc1nnc2n1CCCCC2.I. The average molecular weight is 489 g/mol. The molecule has 1 aliphatic rings. The minimum absolute atomic E-state index is 0. The molecular formula is C18H26ClIN6. The lowest BCUT2D eigenvalue weighted by Gasteiger charge is -2.12. The van der Waals surface area contributed by atoms with E-state index in [2.05, 4.69) is 36.5 Å². The highest BCUT2D eigenvalue weighted by atomic mass is 127. The van der Waals surface area contributed by atoms with E-state index in [0.717, 1.165) is 48.6 Å². The van der Waals surface area contributed by atoms with Crippen LogP contribution in [-0.2, 0) is 25.9 Å². The predicted octanol–water partition coefficient (Wildman–Crippen LogP) is 3.18. The third-order valence-corrected chi connectivity index (χ3v) is 4.65. The number of guanidine groups is 1. The summed E-state index contributed by atoms with van der Waals surface area (Å²) in [5.41, 5.74) is 1.21. The van der Waals surface area contributed by atoms with Crippen molar-refractivity contribution in [3.05, 3.63) is 46.5 Å². The van der Waals surface area contributed by atoms with E-state index in [0.29, 0.717) is 6.54 Å². The normalized spacial score (nSPS) is 14.2. The quantitative estimate of drug-likeness (QED) is 0.385. The average Bonchev–Trinajstić information content (AvgIpc) is 2.85. The molecule has 26 heavy (non-hydrogen) atoms. The molecule has 0 amide bonds. The number of hydrogen-bond donors (Lipinski definition) is 2. The third kappa shape index (κ3) is 5.84. The molecular weight excluding hydrogens is 463 g/mol. The maximum absolute atomic E-state index is 6.02. The van der Waals surface area contributed by atoms with Gasteiger partial charge in [-0.1, -0.05) is 30.2 Å². The summed E-state index contributed by atoms with van der Waals surface area (Å²) in [6, 6.07) is 7.93. The van der Waals surface area contributed by atoms with Gasteiger partial charge >= 0.3 is 0 Å². The standard InChI is InChI=1S/C18H25ClN6.HI/c1-20-18(21-10-9-14-6-5-7-15(19)12-14)22-13-17-24-23-16-8-3-2-4-11-25(16)17;/h5-7,12H,2-4,8-11,13H2,1H3,(H2,20,21,22);1H. The van der Waals surface area contributed by atoms with E-state index in [9.17, 15) is 0 Å². The molecule has 0 radical (unpaired) electrons. The molecule has 0 unspecified atom stereocenters. The molecule has 0 saturated carbocycles. The van der Waals surface area contributed by atoms with Crippen LogP contribution in [0.1, 0.15) is 36.5 Å². The molecule has 2 heterocycles. The molecule has 1 aliphatic heterocycles. The zero-order valence-corrected chi connectivity index (χ0v) is 18.1. The van der Waals surface area contributed by atoms with E-state index in [1.165, 1.54) is 24.8 Å². The Balaban J connectivity index is 0.00000243. The molecule has 0 spiro atoms. The van der Waals surface area contributed by atoms with Crippen molar-refractivity contribution in [3.8, 4) is 0 Å². The van der Waals surface area contributed by atoms with Gasteiger partial charge in [-0.2, -0.15) is 0 Å². The highest BCUT2D eigenvalue weighted by molar-refractivity contribution is 14.0. The summed E-state index contributed by atoms with van der Waals surface area (Å²) in [7, 11) is 1.78. The van der Waals surface area contributed by atoms with Gasteiger partial charge in [0.1, 0.15) is 5.82 Å². The first kappa shape index (κ1) is 21.0. The number of halogens is 2. The summed E-state index contributed by atoms with van der Waals surface area (Å²) < 4.78 is 2.25. The van der Waals surface area contributed by atoms with E-state index in [-0.39, 0.29) is 24.0 Å². The topological polar surface area (TPSA) is 67.1 Å². The largest absolute Gasteiger partial charge is 0.356 e. The van der Waals surface area contributed by atoms with Crippen LogP contribution in [0.4, 0.5) is 0 Å². The number of aliphatic imine (C=N–C) groups is 1. The van der Waals surface area contributed by atoms with Crippen LogP contribution in [0.15, 0.2) is 29.3 Å². The van der Waals surface area contributed by atoms with Crippen molar-refractivity contribution < 1.29 is 0 Å². The molecule has 1 aromatic heterocycles. The van der Waals surface area contributed by atoms with Crippen LogP contribution in [0.25, 0.3) is 0 Å². The Morgan fingerprint density at radius 3 is 2.92 bits per heavy atom. The molecule has 0 saturated heterocycles. The molecule has 1 aromatic carbocycles. The number of nitrogens with one attached hydrogen (secondary N) is 2. The molecule has 0 bridgehead atoms. The van der Waals surface area contributed by atoms with Crippen LogP contribution in [0.2, 0.25) is 5.02 Å². The highest BCUT2D eigenvalue weighted by Crippen LogP contribution is 2.14. The first-order valence-corrected chi connectivity index (χ1v) is 9.24. The minimum atomic E-state index is 0. The molecule has 2 N–H and O–H groups in total. The summed E-state index contributed by atoms with van der Waals surface area (Å²) in [6.07, 6.45) is 5.59. The maximum atomic E-state index is 6.02. The summed E-state index contributed by atoms with van der Waals surface area (Å²) in [5.74, 6) is 2.86. The summed E-state index contributed by atoms with van der Waals surface area (Å²) in [5, 5.41) is 16.1. The molecule has 6 nitrogen and oxygen atoms in total. The van der Waals surface area contributed by atoms with Crippen LogP contribution in [-0.4, -0.2) is 34.3 Å². The van der Waals surface area contributed by atoms with E-state index in [1.807, 2.05) is 18.2 Å². The van der Waals surface area contributed by atoms with Gasteiger partial charge in [-0.25, -0.2) is 0 Å². The maximum Gasteiger partial charge on any atom is 0.191 e. The van der Waals surface area contributed by atoms with Gasteiger partial charge in [-0.05, 0) is 37.0 Å². The lowest BCUT2D eigenvalue weighted by molar-refractivity contribution is 0.596. The van der Waals surface area contributed by atoms with E-state index in [4.69, 9.17) is 11.6 Å². The van der Waals surface area contributed by atoms with Crippen molar-refractivity contribution in [2.24, 2.45) is 4.99 Å². The van der Waals surface area contributed by atoms with Gasteiger partial charge in [0.2, 0.25) is 0 Å². The molecule has 2 aromatic rings. The Labute approximate surface area is 176 Å². The summed E-state index contributed by atoms with van der Waals surface area (Å²) in [4.78, 5) is 4.28. The van der Waals surface area contributed by atoms with Crippen LogP contribution in [0, 0.1) is 0 Å². The van der Waals surface area contributed by atoms with Gasteiger partial charge in [0.15, 0.2) is 11.8 Å². The van der Waals surface area contributed by atoms with Gasteiger partial charge in [0, 0.05) is 31.6 Å². The number of hydrogen-bond acceptors (Lipinski definition) is 3. The van der Waals surface area contributed by atoms with E-state index < -0.39 is 0 Å². The number of aryl methyl sites for hydroxylation is 1. The fourth-order valence-corrected chi connectivity index (χ4v) is 3.29. The van der Waals surface area contributed by atoms with Crippen molar-refractivity contribution in [3.63, 3.8) is 0 Å². The molecule has 3 rings (SSSR count). The van der Waals surface area contributed by atoms with Gasteiger partial charge < -0.3 is 15.2 Å². The molecule has 0 fully saturated rings. The summed E-state index contributed by atoms with van der Waals surface area (Å²) in [6.45, 7) is 2.43. The Kier molecular flexibility index (Phi) is 8.64. The van der Waals surface area contributed by atoms with Crippen molar-refractivity contribution in [2.45, 2.75) is 45.2 Å². The second-order valence-electron chi connectivity index (χ2n) is 6.23. The van der Waals surface area contributed by atoms with Crippen LogP contribution in [0.5, 0.6) is 0 Å². The molecule has 0 atom stereocenters. The Morgan fingerprint density at radius 1 is 1.23 bits per heavy atom. The Bertz CT molecular complexity index is 730.